The van der Waals surface area contributed by atoms with Crippen LogP contribution < -0.4 is 15.5 Å². The average Bonchev–Trinajstić information content (AvgIpc) is 2.72. The van der Waals surface area contributed by atoms with E-state index in [4.69, 9.17) is 0 Å². The average molecular weight is 435 g/mol. The van der Waals surface area contributed by atoms with Crippen LogP contribution in [-0.4, -0.2) is 24.8 Å². The van der Waals surface area contributed by atoms with Gasteiger partial charge in [-0.1, -0.05) is 37.6 Å². The molecular formula is C22H24F3N3O3. The molecule has 0 unspecified atom stereocenters. The fourth-order valence-electron chi connectivity index (χ4n) is 2.99. The number of nitrogens with one attached hydrogen (secondary N) is 2. The zero-order valence-corrected chi connectivity index (χ0v) is 17.4. The van der Waals surface area contributed by atoms with Crippen molar-refractivity contribution in [2.24, 2.45) is 0 Å². The third kappa shape index (κ3) is 6.31. The van der Waals surface area contributed by atoms with Crippen LogP contribution in [0.1, 0.15) is 43.9 Å². The van der Waals surface area contributed by atoms with Crippen molar-refractivity contribution in [2.45, 2.75) is 38.9 Å². The molecule has 0 saturated heterocycles. The number of alkyl halides is 3. The molecule has 0 bridgehead atoms. The Morgan fingerprint density at radius 2 is 1.71 bits per heavy atom. The Morgan fingerprint density at radius 1 is 1.03 bits per heavy atom. The topological polar surface area (TPSA) is 78.5 Å². The van der Waals surface area contributed by atoms with E-state index in [1.54, 1.807) is 18.2 Å². The molecule has 2 aromatic carbocycles. The molecule has 2 N–H and O–H groups in total. The Balaban J connectivity index is 2.19. The van der Waals surface area contributed by atoms with Gasteiger partial charge in [0.05, 0.1) is 23.0 Å². The molecule has 6 nitrogen and oxygen atoms in total. The highest BCUT2D eigenvalue weighted by Crippen LogP contribution is 2.31. The molecule has 166 valence electrons. The normalized spacial score (nSPS) is 12.1. The van der Waals surface area contributed by atoms with Crippen LogP contribution in [0.4, 0.5) is 24.5 Å². The number of halogens is 3. The Hall–Kier alpha value is -3.36. The smallest absolute Gasteiger partial charge is 0.341 e. The Labute approximate surface area is 178 Å². The van der Waals surface area contributed by atoms with E-state index in [9.17, 15) is 27.6 Å². The molecule has 3 amide bonds. The van der Waals surface area contributed by atoms with Crippen molar-refractivity contribution in [2.75, 3.05) is 17.3 Å². The number of nitrogens with zero attached hydrogens (tertiary/aromatic N) is 1. The lowest BCUT2D eigenvalue weighted by Gasteiger charge is -2.21. The van der Waals surface area contributed by atoms with Gasteiger partial charge in [0.2, 0.25) is 5.91 Å². The molecule has 0 aliphatic heterocycles. The van der Waals surface area contributed by atoms with Crippen molar-refractivity contribution < 1.29 is 27.6 Å². The summed E-state index contributed by atoms with van der Waals surface area (Å²) in [5.41, 5.74) is 0.0890. The van der Waals surface area contributed by atoms with Gasteiger partial charge in [0.25, 0.3) is 0 Å². The number of para-hydroxylation sites is 2. The zero-order chi connectivity index (χ0) is 23.2. The molecule has 0 aliphatic rings. The second-order valence-corrected chi connectivity index (χ2v) is 6.99. The number of amides is 3. The Kier molecular flexibility index (Phi) is 7.79. The second-order valence-electron chi connectivity index (χ2n) is 6.99. The molecular weight excluding hydrogens is 411 g/mol. The maximum atomic E-state index is 13.0. The van der Waals surface area contributed by atoms with Crippen LogP contribution in [0, 0.1) is 0 Å². The molecule has 1 atom stereocenters. The number of carbonyl (C=O) groups is 3. The van der Waals surface area contributed by atoms with E-state index in [1.807, 2.05) is 6.92 Å². The van der Waals surface area contributed by atoms with Crippen LogP contribution in [0.2, 0.25) is 0 Å². The minimum Gasteiger partial charge on any atom is -0.341 e. The molecule has 2 aromatic rings. The fourth-order valence-corrected chi connectivity index (χ4v) is 2.99. The van der Waals surface area contributed by atoms with E-state index in [-0.39, 0.29) is 17.2 Å². The standard InChI is InChI=1S/C22H24F3N3O3/c1-4-8-17(15-9-7-10-16(13-15)22(23,24)25)26-20(30)21(31)27-18-11-5-6-12-19(18)28(3)14(2)29/h5-7,9-13,17H,4,8H2,1-3H3,(H,26,30)(H,27,31)/t17-/m1/s1. The molecule has 0 heterocycles. The summed E-state index contributed by atoms with van der Waals surface area (Å²) in [5.74, 6) is -2.24. The number of rotatable bonds is 6. The summed E-state index contributed by atoms with van der Waals surface area (Å²) in [6, 6.07) is 10.3. The highest BCUT2D eigenvalue weighted by Gasteiger charge is 2.31. The first-order valence-corrected chi connectivity index (χ1v) is 9.67. The first-order valence-electron chi connectivity index (χ1n) is 9.67. The van der Waals surface area contributed by atoms with Crippen molar-refractivity contribution >= 4 is 29.1 Å². The van der Waals surface area contributed by atoms with Gasteiger partial charge in [0, 0.05) is 14.0 Å². The van der Waals surface area contributed by atoms with Crippen LogP contribution in [-0.2, 0) is 20.6 Å². The van der Waals surface area contributed by atoms with Crippen molar-refractivity contribution in [3.8, 4) is 0 Å². The van der Waals surface area contributed by atoms with Gasteiger partial charge in [-0.25, -0.2) is 0 Å². The van der Waals surface area contributed by atoms with Gasteiger partial charge in [-0.05, 0) is 36.2 Å². The van der Waals surface area contributed by atoms with Gasteiger partial charge in [0.15, 0.2) is 0 Å². The lowest BCUT2D eigenvalue weighted by atomic mass is 10.00. The van der Waals surface area contributed by atoms with E-state index in [0.29, 0.717) is 18.5 Å². The van der Waals surface area contributed by atoms with Gasteiger partial charge >= 0.3 is 18.0 Å². The van der Waals surface area contributed by atoms with Crippen LogP contribution >= 0.6 is 0 Å². The number of hydrogen-bond donors (Lipinski definition) is 2. The van der Waals surface area contributed by atoms with Crippen molar-refractivity contribution in [1.82, 2.24) is 5.32 Å². The van der Waals surface area contributed by atoms with E-state index >= 15 is 0 Å². The predicted octanol–water partition coefficient (Wildman–Crippen LogP) is 4.28. The van der Waals surface area contributed by atoms with Crippen LogP contribution in [0.15, 0.2) is 48.5 Å². The highest BCUT2D eigenvalue weighted by atomic mass is 19.4. The summed E-state index contributed by atoms with van der Waals surface area (Å²) >= 11 is 0. The van der Waals surface area contributed by atoms with E-state index in [0.717, 1.165) is 12.1 Å². The quantitative estimate of drug-likeness (QED) is 0.665. The first kappa shape index (κ1) is 23.9. The molecule has 0 saturated carbocycles. The van der Waals surface area contributed by atoms with Gasteiger partial charge in [0.1, 0.15) is 0 Å². The number of anilines is 2. The molecule has 9 heteroatoms. The zero-order valence-electron chi connectivity index (χ0n) is 17.4. The first-order chi connectivity index (χ1) is 14.5. The summed E-state index contributed by atoms with van der Waals surface area (Å²) in [4.78, 5) is 37.9. The molecule has 0 aliphatic carbocycles. The van der Waals surface area contributed by atoms with Gasteiger partial charge in [-0.15, -0.1) is 0 Å². The van der Waals surface area contributed by atoms with Gasteiger partial charge in [-0.2, -0.15) is 13.2 Å². The van der Waals surface area contributed by atoms with E-state index < -0.39 is 29.6 Å². The van der Waals surface area contributed by atoms with Crippen LogP contribution in [0.5, 0.6) is 0 Å². The van der Waals surface area contributed by atoms with Crippen molar-refractivity contribution in [3.05, 3.63) is 59.7 Å². The highest BCUT2D eigenvalue weighted by molar-refractivity contribution is 6.40. The van der Waals surface area contributed by atoms with Crippen LogP contribution in [0.25, 0.3) is 0 Å². The minimum atomic E-state index is -4.51. The predicted molar refractivity (Wildman–Crippen MR) is 111 cm³/mol. The summed E-state index contributed by atoms with van der Waals surface area (Å²) < 4.78 is 39.1. The fraction of sp³-hybridized carbons (Fsp3) is 0.318. The molecule has 2 rings (SSSR count). The molecule has 0 radical (unpaired) electrons. The SMILES string of the molecule is CCC[C@@H](NC(=O)C(=O)Nc1ccccc1N(C)C(C)=O)c1cccc(C(F)(F)F)c1. The summed E-state index contributed by atoms with van der Waals surface area (Å²) in [6.07, 6.45) is -3.58. The minimum absolute atomic E-state index is 0.256. The molecule has 0 fully saturated rings. The largest absolute Gasteiger partial charge is 0.416 e. The maximum Gasteiger partial charge on any atom is 0.416 e. The number of carbonyl (C=O) groups excluding carboxylic acids is 3. The summed E-state index contributed by atoms with van der Waals surface area (Å²) in [7, 11) is 1.53. The molecule has 31 heavy (non-hydrogen) atoms. The monoisotopic (exact) mass is 435 g/mol. The van der Waals surface area contributed by atoms with Gasteiger partial charge < -0.3 is 15.5 Å². The van der Waals surface area contributed by atoms with Crippen molar-refractivity contribution in [1.29, 1.82) is 0 Å². The van der Waals surface area contributed by atoms with Crippen molar-refractivity contribution in [3.63, 3.8) is 0 Å². The van der Waals surface area contributed by atoms with E-state index in [1.165, 1.54) is 37.1 Å². The lowest BCUT2D eigenvalue weighted by molar-refractivity contribution is -0.137. The number of hydrogen-bond acceptors (Lipinski definition) is 3. The molecule has 0 aromatic heterocycles. The summed E-state index contributed by atoms with van der Waals surface area (Å²) in [5, 5.41) is 4.96. The van der Waals surface area contributed by atoms with E-state index in [2.05, 4.69) is 10.6 Å². The Morgan fingerprint density at radius 3 is 2.32 bits per heavy atom. The van der Waals surface area contributed by atoms with Crippen LogP contribution in [0.3, 0.4) is 0 Å². The lowest BCUT2D eigenvalue weighted by Crippen LogP contribution is -2.38. The number of benzene rings is 2. The third-order valence-corrected chi connectivity index (χ3v) is 4.69. The van der Waals surface area contributed by atoms with Gasteiger partial charge in [-0.3, -0.25) is 14.4 Å². The Bertz CT molecular complexity index is 960. The second kappa shape index (κ2) is 10.1. The summed E-state index contributed by atoms with van der Waals surface area (Å²) in [6.45, 7) is 3.18. The maximum absolute atomic E-state index is 13.0. The molecule has 0 spiro atoms. The third-order valence-electron chi connectivity index (χ3n) is 4.69.